The molecule has 0 saturated heterocycles. The standard InChI is InChI=1S/C18H25ClN2O5S/c1-13(21-27(24,25)16-9-7-15(19)8-10-16)18(23)26-12-17(22)20-11-14-5-3-2-4-6-14/h7-10,13-14,21H,2-6,11-12H2,1H3,(H,20,22)/t13-/m0/s1. The molecule has 1 aliphatic carbocycles. The van der Waals surface area contributed by atoms with Crippen LogP contribution in [0.3, 0.4) is 0 Å². The molecule has 1 aromatic carbocycles. The van der Waals surface area contributed by atoms with Gasteiger partial charge >= 0.3 is 5.97 Å². The SMILES string of the molecule is C[C@H](NS(=O)(=O)c1ccc(Cl)cc1)C(=O)OCC(=O)NCC1CCCCC1. The highest BCUT2D eigenvalue weighted by Crippen LogP contribution is 2.22. The monoisotopic (exact) mass is 416 g/mol. The van der Waals surface area contributed by atoms with Crippen LogP contribution in [0.1, 0.15) is 39.0 Å². The molecule has 1 fully saturated rings. The van der Waals surface area contributed by atoms with Gasteiger partial charge in [0.25, 0.3) is 5.91 Å². The van der Waals surface area contributed by atoms with Crippen LogP contribution >= 0.6 is 11.6 Å². The summed E-state index contributed by atoms with van der Waals surface area (Å²) in [6.45, 7) is 1.50. The fraction of sp³-hybridized carbons (Fsp3) is 0.556. The van der Waals surface area contributed by atoms with Crippen molar-refractivity contribution in [3.8, 4) is 0 Å². The molecule has 0 aliphatic heterocycles. The van der Waals surface area contributed by atoms with Crippen molar-refractivity contribution < 1.29 is 22.7 Å². The van der Waals surface area contributed by atoms with Gasteiger partial charge in [-0.05, 0) is 49.9 Å². The van der Waals surface area contributed by atoms with Gasteiger partial charge in [0.1, 0.15) is 6.04 Å². The van der Waals surface area contributed by atoms with Gasteiger partial charge in [-0.2, -0.15) is 4.72 Å². The van der Waals surface area contributed by atoms with Gasteiger partial charge in [-0.25, -0.2) is 8.42 Å². The summed E-state index contributed by atoms with van der Waals surface area (Å²) in [7, 11) is -3.89. The Balaban J connectivity index is 1.75. The van der Waals surface area contributed by atoms with E-state index in [4.69, 9.17) is 16.3 Å². The van der Waals surface area contributed by atoms with Crippen molar-refractivity contribution in [3.05, 3.63) is 29.3 Å². The maximum absolute atomic E-state index is 12.2. The number of esters is 1. The molecule has 0 radical (unpaired) electrons. The van der Waals surface area contributed by atoms with Crippen LogP contribution in [0.5, 0.6) is 0 Å². The first-order chi connectivity index (χ1) is 12.8. The first kappa shape index (κ1) is 21.7. The molecule has 0 spiro atoms. The van der Waals surface area contributed by atoms with Gasteiger partial charge in [0, 0.05) is 11.6 Å². The molecule has 9 heteroatoms. The highest BCUT2D eigenvalue weighted by atomic mass is 35.5. The normalized spacial score (nSPS) is 16.5. The second-order valence-electron chi connectivity index (χ2n) is 6.71. The number of ether oxygens (including phenoxy) is 1. The first-order valence-corrected chi connectivity index (χ1v) is 10.9. The van der Waals surface area contributed by atoms with Crippen LogP contribution in [-0.2, 0) is 24.3 Å². The summed E-state index contributed by atoms with van der Waals surface area (Å²) < 4.78 is 31.6. The predicted molar refractivity (Wildman–Crippen MR) is 102 cm³/mol. The summed E-state index contributed by atoms with van der Waals surface area (Å²) in [5, 5.41) is 3.16. The quantitative estimate of drug-likeness (QED) is 0.633. The van der Waals surface area contributed by atoms with Gasteiger partial charge in [0.15, 0.2) is 6.61 Å². The van der Waals surface area contributed by atoms with Crippen LogP contribution in [0.2, 0.25) is 5.02 Å². The Hall–Kier alpha value is -1.64. The number of benzene rings is 1. The van der Waals surface area contributed by atoms with Crippen molar-refractivity contribution in [2.75, 3.05) is 13.2 Å². The first-order valence-electron chi connectivity index (χ1n) is 8.99. The smallest absolute Gasteiger partial charge is 0.324 e. The van der Waals surface area contributed by atoms with Gasteiger partial charge in [-0.3, -0.25) is 9.59 Å². The molecule has 1 aromatic rings. The van der Waals surface area contributed by atoms with Crippen molar-refractivity contribution in [1.29, 1.82) is 0 Å². The van der Waals surface area contributed by atoms with Crippen molar-refractivity contribution >= 4 is 33.5 Å². The van der Waals surface area contributed by atoms with Crippen LogP contribution in [-0.4, -0.2) is 39.5 Å². The fourth-order valence-electron chi connectivity index (χ4n) is 2.92. The molecule has 27 heavy (non-hydrogen) atoms. The lowest BCUT2D eigenvalue weighted by molar-refractivity contribution is -0.149. The molecule has 1 saturated carbocycles. The average Bonchev–Trinajstić information content (AvgIpc) is 2.65. The van der Waals surface area contributed by atoms with E-state index in [2.05, 4.69) is 10.0 Å². The number of halogens is 1. The zero-order chi connectivity index (χ0) is 19.9. The van der Waals surface area contributed by atoms with Crippen LogP contribution in [0.15, 0.2) is 29.2 Å². The minimum atomic E-state index is -3.89. The maximum Gasteiger partial charge on any atom is 0.324 e. The average molecular weight is 417 g/mol. The number of carbonyl (C=O) groups excluding carboxylic acids is 2. The molecule has 1 atom stereocenters. The van der Waals surface area contributed by atoms with E-state index >= 15 is 0 Å². The Labute approximate surface area is 164 Å². The summed E-state index contributed by atoms with van der Waals surface area (Å²) in [5.41, 5.74) is 0. The number of rotatable bonds is 8. The molecule has 1 aliphatic rings. The van der Waals surface area contributed by atoms with E-state index in [1.807, 2.05) is 0 Å². The van der Waals surface area contributed by atoms with Crippen molar-refractivity contribution in [2.24, 2.45) is 5.92 Å². The van der Waals surface area contributed by atoms with Gasteiger partial charge < -0.3 is 10.1 Å². The molecule has 2 rings (SSSR count). The Morgan fingerprint density at radius 2 is 1.81 bits per heavy atom. The van der Waals surface area contributed by atoms with E-state index < -0.39 is 28.6 Å². The van der Waals surface area contributed by atoms with Crippen LogP contribution in [0, 0.1) is 5.92 Å². The number of hydrogen-bond donors (Lipinski definition) is 2. The van der Waals surface area contributed by atoms with Crippen molar-refractivity contribution in [2.45, 2.75) is 50.0 Å². The Morgan fingerprint density at radius 1 is 1.19 bits per heavy atom. The van der Waals surface area contributed by atoms with Crippen LogP contribution in [0.25, 0.3) is 0 Å². The zero-order valence-corrected chi connectivity index (χ0v) is 16.8. The second kappa shape index (κ2) is 10.1. The van der Waals surface area contributed by atoms with Gasteiger partial charge in [0.2, 0.25) is 10.0 Å². The summed E-state index contributed by atoms with van der Waals surface area (Å²) in [4.78, 5) is 23.8. The highest BCUT2D eigenvalue weighted by molar-refractivity contribution is 7.89. The Kier molecular flexibility index (Phi) is 8.07. The third-order valence-corrected chi connectivity index (χ3v) is 6.28. The molecule has 1 amide bonds. The Morgan fingerprint density at radius 3 is 2.44 bits per heavy atom. The Bertz CT molecular complexity index is 746. The molecule has 2 N–H and O–H groups in total. The zero-order valence-electron chi connectivity index (χ0n) is 15.2. The number of nitrogens with one attached hydrogen (secondary N) is 2. The minimum absolute atomic E-state index is 0.0169. The second-order valence-corrected chi connectivity index (χ2v) is 8.86. The summed E-state index contributed by atoms with van der Waals surface area (Å²) >= 11 is 5.74. The third kappa shape index (κ3) is 7.12. The molecule has 0 aromatic heterocycles. The topological polar surface area (TPSA) is 102 Å². The van der Waals surface area contributed by atoms with Gasteiger partial charge in [-0.15, -0.1) is 0 Å². The van der Waals surface area contributed by atoms with E-state index in [-0.39, 0.29) is 10.8 Å². The van der Waals surface area contributed by atoms with Gasteiger partial charge in [0.05, 0.1) is 4.90 Å². The van der Waals surface area contributed by atoms with Crippen LogP contribution in [0.4, 0.5) is 0 Å². The van der Waals surface area contributed by atoms with Crippen LogP contribution < -0.4 is 10.0 Å². The molecule has 150 valence electrons. The van der Waals surface area contributed by atoms with E-state index in [1.54, 1.807) is 0 Å². The lowest BCUT2D eigenvalue weighted by atomic mass is 9.89. The number of sulfonamides is 1. The highest BCUT2D eigenvalue weighted by Gasteiger charge is 2.24. The number of carbonyl (C=O) groups is 2. The van der Waals surface area contributed by atoms with Crippen molar-refractivity contribution in [3.63, 3.8) is 0 Å². The molecule has 7 nitrogen and oxygen atoms in total. The summed E-state index contributed by atoms with van der Waals surface area (Å²) in [6.07, 6.45) is 5.81. The molecular weight excluding hydrogens is 392 g/mol. The lowest BCUT2D eigenvalue weighted by Crippen LogP contribution is -2.41. The minimum Gasteiger partial charge on any atom is -0.454 e. The number of amides is 1. The molecular formula is C18H25ClN2O5S. The van der Waals surface area contributed by atoms with Crippen molar-refractivity contribution in [1.82, 2.24) is 10.0 Å². The summed E-state index contributed by atoms with van der Waals surface area (Å²) in [6, 6.07) is 4.42. The lowest BCUT2D eigenvalue weighted by Gasteiger charge is -2.21. The van der Waals surface area contributed by atoms with Gasteiger partial charge in [-0.1, -0.05) is 30.9 Å². The third-order valence-electron chi connectivity index (χ3n) is 4.47. The van der Waals surface area contributed by atoms with E-state index in [0.29, 0.717) is 17.5 Å². The van der Waals surface area contributed by atoms with E-state index in [9.17, 15) is 18.0 Å². The fourth-order valence-corrected chi connectivity index (χ4v) is 4.24. The van der Waals surface area contributed by atoms with E-state index in [1.165, 1.54) is 50.5 Å². The number of hydrogen-bond acceptors (Lipinski definition) is 5. The maximum atomic E-state index is 12.2. The molecule has 0 bridgehead atoms. The predicted octanol–water partition coefficient (Wildman–Crippen LogP) is 2.25. The molecule has 0 unspecified atom stereocenters. The molecule has 0 heterocycles. The summed E-state index contributed by atoms with van der Waals surface area (Å²) in [5.74, 6) is -0.731. The van der Waals surface area contributed by atoms with E-state index in [0.717, 1.165) is 12.8 Å². The largest absolute Gasteiger partial charge is 0.454 e.